The average molecular weight is 158 g/mol. The zero-order valence-electron chi connectivity index (χ0n) is 4.37. The van der Waals surface area contributed by atoms with Gasteiger partial charge < -0.3 is 10.2 Å². The summed E-state index contributed by atoms with van der Waals surface area (Å²) in [4.78, 5) is 8.56. The molecule has 0 aromatic heterocycles. The third-order valence-corrected chi connectivity index (χ3v) is 0.167. The molecule has 0 fully saturated rings. The van der Waals surface area contributed by atoms with Crippen LogP contribution in [0.5, 0.6) is 0 Å². The molecule has 0 aliphatic carbocycles. The standard InChI is InChI=1S/C4H6.CH2O3.Ca.2H/c1-3-4-2;2-1(3)4;;;/h3-4H,1-2H2;(H2,2,3,4);;;. The molecular formula is C5H10CaO3. The van der Waals surface area contributed by atoms with E-state index in [9.17, 15) is 0 Å². The molecule has 0 radical (unpaired) electrons. The minimum atomic E-state index is -1.83. The third-order valence-electron chi connectivity index (χ3n) is 0.167. The van der Waals surface area contributed by atoms with Crippen LogP contribution >= 0.6 is 0 Å². The topological polar surface area (TPSA) is 57.5 Å². The van der Waals surface area contributed by atoms with Crippen molar-refractivity contribution in [3.05, 3.63) is 25.3 Å². The van der Waals surface area contributed by atoms with Crippen molar-refractivity contribution in [2.24, 2.45) is 0 Å². The van der Waals surface area contributed by atoms with Crippen LogP contribution in [-0.4, -0.2) is 54.1 Å². The van der Waals surface area contributed by atoms with Gasteiger partial charge in [-0.3, -0.25) is 0 Å². The van der Waals surface area contributed by atoms with Gasteiger partial charge in [0, 0.05) is 0 Å². The third kappa shape index (κ3) is 284. The number of hydrogen-bond acceptors (Lipinski definition) is 1. The van der Waals surface area contributed by atoms with E-state index in [4.69, 9.17) is 15.0 Å². The number of carbonyl (C=O) groups is 1. The summed E-state index contributed by atoms with van der Waals surface area (Å²) in [5, 5.41) is 13.9. The van der Waals surface area contributed by atoms with Crippen molar-refractivity contribution in [3.8, 4) is 0 Å². The van der Waals surface area contributed by atoms with Crippen molar-refractivity contribution in [2.75, 3.05) is 0 Å². The van der Waals surface area contributed by atoms with Gasteiger partial charge in [0.2, 0.25) is 0 Å². The first-order valence-electron chi connectivity index (χ1n) is 1.80. The molecule has 2 N–H and O–H groups in total. The second-order valence-corrected chi connectivity index (χ2v) is 0.754. The van der Waals surface area contributed by atoms with E-state index in [0.717, 1.165) is 0 Å². The summed E-state index contributed by atoms with van der Waals surface area (Å²) in [5.41, 5.74) is 0. The quantitative estimate of drug-likeness (QED) is 0.435. The fourth-order valence-electron chi connectivity index (χ4n) is 0. The molecule has 0 saturated carbocycles. The van der Waals surface area contributed by atoms with Crippen LogP contribution in [-0.2, 0) is 0 Å². The molecule has 0 bridgehead atoms. The number of allylic oxidation sites excluding steroid dienone is 2. The van der Waals surface area contributed by atoms with E-state index >= 15 is 0 Å². The minimum absolute atomic E-state index is 0. The zero-order chi connectivity index (χ0) is 6.99. The predicted octanol–water partition coefficient (Wildman–Crippen LogP) is 0.665. The molecule has 0 saturated heterocycles. The molecule has 0 heterocycles. The van der Waals surface area contributed by atoms with Gasteiger partial charge in [-0.05, 0) is 0 Å². The van der Waals surface area contributed by atoms with Crippen molar-refractivity contribution < 1.29 is 15.0 Å². The van der Waals surface area contributed by atoms with Gasteiger partial charge in [0.1, 0.15) is 0 Å². The Bertz CT molecular complexity index is 80.2. The monoisotopic (exact) mass is 158 g/mol. The molecule has 0 atom stereocenters. The zero-order valence-corrected chi connectivity index (χ0v) is 4.37. The van der Waals surface area contributed by atoms with Crippen molar-refractivity contribution >= 4 is 43.9 Å². The Balaban J connectivity index is -0.0000000720. The number of rotatable bonds is 1. The van der Waals surface area contributed by atoms with Crippen LogP contribution in [0.1, 0.15) is 0 Å². The van der Waals surface area contributed by atoms with E-state index in [1.807, 2.05) is 0 Å². The van der Waals surface area contributed by atoms with Gasteiger partial charge in [-0.2, -0.15) is 0 Å². The molecule has 0 aliphatic rings. The summed E-state index contributed by atoms with van der Waals surface area (Å²) in [7, 11) is 0. The van der Waals surface area contributed by atoms with Crippen LogP contribution in [0.4, 0.5) is 4.79 Å². The molecule has 9 heavy (non-hydrogen) atoms. The molecule has 0 spiro atoms. The molecule has 0 rings (SSSR count). The van der Waals surface area contributed by atoms with Crippen LogP contribution in [0, 0.1) is 0 Å². The Hall–Kier alpha value is 0.00974. The van der Waals surface area contributed by atoms with Crippen LogP contribution < -0.4 is 0 Å². The molecule has 0 aromatic carbocycles. The summed E-state index contributed by atoms with van der Waals surface area (Å²) >= 11 is 0. The van der Waals surface area contributed by atoms with Gasteiger partial charge in [0.15, 0.2) is 0 Å². The van der Waals surface area contributed by atoms with E-state index in [-0.39, 0.29) is 37.7 Å². The molecule has 0 aliphatic heterocycles. The van der Waals surface area contributed by atoms with E-state index in [0.29, 0.717) is 0 Å². The Labute approximate surface area is 83.7 Å². The SMILES string of the molecule is C=CC=C.O=C(O)O.[CaH2]. The molecule has 0 aromatic rings. The second kappa shape index (κ2) is 15.7. The normalized spacial score (nSPS) is 4.89. The van der Waals surface area contributed by atoms with Crippen molar-refractivity contribution in [3.63, 3.8) is 0 Å². The van der Waals surface area contributed by atoms with Gasteiger partial charge in [-0.1, -0.05) is 25.3 Å². The van der Waals surface area contributed by atoms with Gasteiger partial charge in [-0.25, -0.2) is 4.79 Å². The average Bonchev–Trinajstić information content (AvgIpc) is 1.65. The summed E-state index contributed by atoms with van der Waals surface area (Å²) in [5.74, 6) is 0. The predicted molar refractivity (Wildman–Crippen MR) is 39.6 cm³/mol. The van der Waals surface area contributed by atoms with Crippen LogP contribution in [0.3, 0.4) is 0 Å². The first-order valence-corrected chi connectivity index (χ1v) is 1.80. The van der Waals surface area contributed by atoms with Gasteiger partial charge in [0.25, 0.3) is 0 Å². The summed E-state index contributed by atoms with van der Waals surface area (Å²) in [6.07, 6.45) is 1.44. The van der Waals surface area contributed by atoms with Gasteiger partial charge in [-0.15, -0.1) is 0 Å². The van der Waals surface area contributed by atoms with Gasteiger partial charge in [0.05, 0.1) is 0 Å². The molecular weight excluding hydrogens is 148 g/mol. The van der Waals surface area contributed by atoms with Gasteiger partial charge >= 0.3 is 43.9 Å². The molecule has 4 heteroatoms. The Morgan fingerprint density at radius 2 is 1.33 bits per heavy atom. The fraction of sp³-hybridized carbons (Fsp3) is 0. The van der Waals surface area contributed by atoms with E-state index < -0.39 is 6.16 Å². The van der Waals surface area contributed by atoms with E-state index in [1.54, 1.807) is 12.2 Å². The van der Waals surface area contributed by atoms with Crippen LogP contribution in [0.2, 0.25) is 0 Å². The van der Waals surface area contributed by atoms with Crippen molar-refractivity contribution in [1.29, 1.82) is 0 Å². The Kier molecular flexibility index (Phi) is 27.9. The molecule has 0 amide bonds. The first-order chi connectivity index (χ1) is 3.65. The summed E-state index contributed by atoms with van der Waals surface area (Å²) in [6, 6.07) is 0. The number of carboxylic acid groups (broad SMARTS) is 2. The molecule has 50 valence electrons. The van der Waals surface area contributed by atoms with Crippen molar-refractivity contribution in [1.82, 2.24) is 0 Å². The summed E-state index contributed by atoms with van der Waals surface area (Å²) < 4.78 is 0. The maximum absolute atomic E-state index is 8.56. The first kappa shape index (κ1) is 16.0. The molecule has 0 unspecified atom stereocenters. The van der Waals surface area contributed by atoms with Crippen LogP contribution in [0.25, 0.3) is 0 Å². The number of hydrogen-bond donors (Lipinski definition) is 2. The fourth-order valence-corrected chi connectivity index (χ4v) is 0. The van der Waals surface area contributed by atoms with Crippen LogP contribution in [0.15, 0.2) is 25.3 Å². The van der Waals surface area contributed by atoms with E-state index in [1.165, 1.54) is 0 Å². The Morgan fingerprint density at radius 3 is 1.33 bits per heavy atom. The second-order valence-electron chi connectivity index (χ2n) is 0.754. The maximum atomic E-state index is 8.56. The van der Waals surface area contributed by atoms with E-state index in [2.05, 4.69) is 13.2 Å². The molecule has 3 nitrogen and oxygen atoms in total. The summed E-state index contributed by atoms with van der Waals surface area (Å²) in [6.45, 7) is 6.72. The Morgan fingerprint density at radius 1 is 1.22 bits per heavy atom. The van der Waals surface area contributed by atoms with Crippen molar-refractivity contribution in [2.45, 2.75) is 0 Å².